The van der Waals surface area contributed by atoms with Crippen LogP contribution in [0, 0.1) is 11.8 Å². The lowest BCUT2D eigenvalue weighted by atomic mass is 10.2. The van der Waals surface area contributed by atoms with Crippen molar-refractivity contribution in [3.8, 4) is 0 Å². The van der Waals surface area contributed by atoms with Crippen LogP contribution < -0.4 is 0 Å². The van der Waals surface area contributed by atoms with Crippen LogP contribution in [0.2, 0.25) is 39.3 Å². The van der Waals surface area contributed by atoms with Crippen LogP contribution in [0.1, 0.15) is 27.7 Å². The molecule has 0 N–H and O–H groups in total. The number of hydrogen-bond acceptors (Lipinski definition) is 4. The molecule has 0 saturated heterocycles. The highest BCUT2D eigenvalue weighted by molar-refractivity contribution is 6.70. The summed E-state index contributed by atoms with van der Waals surface area (Å²) in [7, 11) is 0.540. The summed E-state index contributed by atoms with van der Waals surface area (Å²) in [6, 6.07) is 0. The Kier molecular flexibility index (Phi) is 12.2. The summed E-state index contributed by atoms with van der Waals surface area (Å²) < 4.78 is 21.9. The molecule has 0 rings (SSSR count). The quantitative estimate of drug-likeness (QED) is 0.458. The highest BCUT2D eigenvalue weighted by Gasteiger charge is 2.23. The first-order valence-corrected chi connectivity index (χ1v) is 15.0. The molecule has 0 saturated carbocycles. The third-order valence-electron chi connectivity index (χ3n) is 2.49. The molecule has 0 aliphatic rings. The maximum Gasteiger partial charge on any atom is 0.187 e. The highest BCUT2D eigenvalue weighted by Crippen LogP contribution is 2.15. The van der Waals surface area contributed by atoms with E-state index < -0.39 is 16.6 Å². The Labute approximate surface area is 141 Å². The average molecular weight is 353 g/mol. The van der Waals surface area contributed by atoms with Crippen molar-refractivity contribution in [1.82, 2.24) is 0 Å². The van der Waals surface area contributed by atoms with Crippen LogP contribution in [0.3, 0.4) is 0 Å². The van der Waals surface area contributed by atoms with E-state index in [9.17, 15) is 0 Å². The zero-order valence-electron chi connectivity index (χ0n) is 16.9. The summed E-state index contributed by atoms with van der Waals surface area (Å²) in [6.07, 6.45) is -0.0525. The van der Waals surface area contributed by atoms with Gasteiger partial charge in [0.15, 0.2) is 16.6 Å². The molecular formula is C16H40O4Si2. The summed E-state index contributed by atoms with van der Waals surface area (Å²) in [4.78, 5) is 0. The Morgan fingerprint density at radius 2 is 0.773 bits per heavy atom. The van der Waals surface area contributed by atoms with E-state index in [-0.39, 0.29) is 12.6 Å². The summed E-state index contributed by atoms with van der Waals surface area (Å²) >= 11 is 0. The largest absolute Gasteiger partial charge is 0.393 e. The minimum atomic E-state index is -1.43. The van der Waals surface area contributed by atoms with Crippen molar-refractivity contribution in [1.29, 1.82) is 0 Å². The van der Waals surface area contributed by atoms with Crippen molar-refractivity contribution >= 4 is 16.6 Å². The van der Waals surface area contributed by atoms with Crippen LogP contribution >= 0.6 is 0 Å². The molecule has 0 aliphatic heterocycles. The number of hydrogen-bond donors (Lipinski definition) is 0. The van der Waals surface area contributed by atoms with Crippen molar-refractivity contribution in [2.75, 3.05) is 14.2 Å². The third-order valence-corrected chi connectivity index (χ3v) is 4.37. The fraction of sp³-hybridized carbons (Fsp3) is 1.00. The Balaban J connectivity index is 0. The lowest BCUT2D eigenvalue weighted by Crippen LogP contribution is -2.35. The average Bonchev–Trinajstić information content (AvgIpc) is 2.31. The van der Waals surface area contributed by atoms with Gasteiger partial charge >= 0.3 is 0 Å². The van der Waals surface area contributed by atoms with E-state index >= 15 is 0 Å². The van der Waals surface area contributed by atoms with Crippen molar-refractivity contribution in [2.45, 2.75) is 79.6 Å². The Morgan fingerprint density at radius 1 is 0.545 bits per heavy atom. The van der Waals surface area contributed by atoms with Gasteiger partial charge in [-0.3, -0.25) is 0 Å². The van der Waals surface area contributed by atoms with Crippen molar-refractivity contribution in [3.63, 3.8) is 0 Å². The smallest absolute Gasteiger partial charge is 0.187 e. The second-order valence-corrected chi connectivity index (χ2v) is 17.1. The fourth-order valence-electron chi connectivity index (χ4n) is 1.61. The second-order valence-electron chi connectivity index (χ2n) is 8.16. The minimum absolute atomic E-state index is 0.0262. The van der Waals surface area contributed by atoms with Gasteiger partial charge in [-0.15, -0.1) is 0 Å². The molecule has 0 bridgehead atoms. The highest BCUT2D eigenvalue weighted by atomic mass is 28.4. The standard InChI is InChI=1S/2C8H20O2Si/c2*1-7(2)8(9-3)10-11(4,5)6/h2*7-8H,1-6H3. The van der Waals surface area contributed by atoms with Gasteiger partial charge in [0, 0.05) is 26.1 Å². The zero-order valence-corrected chi connectivity index (χ0v) is 18.9. The molecule has 2 unspecified atom stereocenters. The number of rotatable bonds is 8. The first-order chi connectivity index (χ1) is 9.73. The van der Waals surface area contributed by atoms with Gasteiger partial charge in [0.1, 0.15) is 12.6 Å². The molecule has 0 radical (unpaired) electrons. The summed E-state index contributed by atoms with van der Waals surface area (Å²) in [5.41, 5.74) is 0. The van der Waals surface area contributed by atoms with Gasteiger partial charge in [-0.05, 0) is 39.3 Å². The SMILES string of the molecule is COC(O[Si](C)(C)C)C(C)C.COC(O[Si](C)(C)C)C(C)C. The maximum atomic E-state index is 5.77. The molecule has 6 heteroatoms. The van der Waals surface area contributed by atoms with E-state index in [0.717, 1.165) is 0 Å². The normalized spacial score (nSPS) is 15.5. The van der Waals surface area contributed by atoms with E-state index in [0.29, 0.717) is 11.8 Å². The molecule has 136 valence electrons. The number of methoxy groups -OCH3 is 2. The molecule has 0 fully saturated rings. The lowest BCUT2D eigenvalue weighted by molar-refractivity contribution is -0.0893. The van der Waals surface area contributed by atoms with E-state index in [2.05, 4.69) is 67.0 Å². The summed E-state index contributed by atoms with van der Waals surface area (Å²) in [5, 5.41) is 0. The van der Waals surface area contributed by atoms with E-state index in [1.54, 1.807) is 14.2 Å². The van der Waals surface area contributed by atoms with Gasteiger partial charge in [0.25, 0.3) is 0 Å². The van der Waals surface area contributed by atoms with Crippen LogP contribution in [0.4, 0.5) is 0 Å². The van der Waals surface area contributed by atoms with E-state index in [4.69, 9.17) is 18.3 Å². The monoisotopic (exact) mass is 352 g/mol. The summed E-state index contributed by atoms with van der Waals surface area (Å²) in [5.74, 6) is 0.874. The molecule has 22 heavy (non-hydrogen) atoms. The molecule has 0 aliphatic carbocycles. The van der Waals surface area contributed by atoms with Crippen molar-refractivity contribution < 1.29 is 18.3 Å². The van der Waals surface area contributed by atoms with Crippen LogP contribution in [0.25, 0.3) is 0 Å². The van der Waals surface area contributed by atoms with Crippen LogP contribution in [-0.2, 0) is 18.3 Å². The molecule has 4 nitrogen and oxygen atoms in total. The van der Waals surface area contributed by atoms with Gasteiger partial charge in [-0.25, -0.2) is 0 Å². The van der Waals surface area contributed by atoms with E-state index in [1.165, 1.54) is 0 Å². The van der Waals surface area contributed by atoms with Gasteiger partial charge in [0.2, 0.25) is 0 Å². The topological polar surface area (TPSA) is 36.9 Å². The first-order valence-electron chi connectivity index (χ1n) is 8.14. The molecule has 0 aromatic carbocycles. The predicted molar refractivity (Wildman–Crippen MR) is 100 cm³/mol. The fourth-order valence-corrected chi connectivity index (χ4v) is 3.74. The van der Waals surface area contributed by atoms with Gasteiger partial charge < -0.3 is 18.3 Å². The lowest BCUT2D eigenvalue weighted by Gasteiger charge is -2.27. The van der Waals surface area contributed by atoms with Gasteiger partial charge in [-0.1, -0.05) is 27.7 Å². The third kappa shape index (κ3) is 15.2. The van der Waals surface area contributed by atoms with E-state index in [1.807, 2.05) is 0 Å². The van der Waals surface area contributed by atoms with Crippen molar-refractivity contribution in [3.05, 3.63) is 0 Å². The first kappa shape index (κ1) is 24.5. The Bertz CT molecular complexity index is 242. The summed E-state index contributed by atoms with van der Waals surface area (Å²) in [6.45, 7) is 21.4. The van der Waals surface area contributed by atoms with Gasteiger partial charge in [-0.2, -0.15) is 0 Å². The predicted octanol–water partition coefficient (Wildman–Crippen LogP) is 4.93. The number of ether oxygens (including phenoxy) is 2. The Hall–Kier alpha value is 0.274. The van der Waals surface area contributed by atoms with Gasteiger partial charge in [0.05, 0.1) is 0 Å². The maximum absolute atomic E-state index is 5.77. The molecule has 2 atom stereocenters. The van der Waals surface area contributed by atoms with Crippen LogP contribution in [-0.4, -0.2) is 43.4 Å². The Morgan fingerprint density at radius 3 is 0.818 bits per heavy atom. The minimum Gasteiger partial charge on any atom is -0.393 e. The molecule has 0 spiro atoms. The van der Waals surface area contributed by atoms with Crippen LogP contribution in [0.15, 0.2) is 0 Å². The second kappa shape index (κ2) is 10.9. The zero-order chi connectivity index (χ0) is 18.1. The molecular weight excluding hydrogens is 312 g/mol. The molecule has 0 aromatic heterocycles. The van der Waals surface area contributed by atoms with Crippen LogP contribution in [0.5, 0.6) is 0 Å². The van der Waals surface area contributed by atoms with Crippen molar-refractivity contribution in [2.24, 2.45) is 11.8 Å². The molecule has 0 heterocycles. The molecule has 0 amide bonds. The molecule has 0 aromatic rings.